The van der Waals surface area contributed by atoms with Gasteiger partial charge in [-0.1, -0.05) is 33.6 Å². The zero-order valence-corrected chi connectivity index (χ0v) is 20.2. The molecule has 3 aromatic rings. The summed E-state index contributed by atoms with van der Waals surface area (Å²) in [6.07, 6.45) is 0. The summed E-state index contributed by atoms with van der Waals surface area (Å²) in [5.41, 5.74) is 1.75. The van der Waals surface area contributed by atoms with Crippen LogP contribution < -0.4 is 19.1 Å². The first-order valence-corrected chi connectivity index (χ1v) is 11.8. The molecule has 0 saturated carbocycles. The van der Waals surface area contributed by atoms with Crippen molar-refractivity contribution in [2.75, 3.05) is 30.4 Å². The normalized spacial score (nSPS) is 11.0. The lowest BCUT2D eigenvalue weighted by Gasteiger charge is -2.25. The Kier molecular flexibility index (Phi) is 7.42. The van der Waals surface area contributed by atoms with Crippen molar-refractivity contribution in [3.8, 4) is 11.5 Å². The van der Waals surface area contributed by atoms with Gasteiger partial charge in [-0.25, -0.2) is 8.42 Å². The molecule has 9 heteroatoms. The average Bonchev–Trinajstić information content (AvgIpc) is 2.78. The predicted octanol–water partition coefficient (Wildman–Crippen LogP) is 4.61. The molecule has 0 spiro atoms. The van der Waals surface area contributed by atoms with E-state index in [4.69, 9.17) is 9.47 Å². The number of methoxy groups -OCH3 is 2. The van der Waals surface area contributed by atoms with Gasteiger partial charge in [0.1, 0.15) is 6.54 Å². The van der Waals surface area contributed by atoms with Crippen LogP contribution in [-0.2, 0) is 14.8 Å². The minimum atomic E-state index is -4.04. The molecule has 3 rings (SSSR count). The fraction of sp³-hybridized carbons (Fsp3) is 0.174. The summed E-state index contributed by atoms with van der Waals surface area (Å²) < 4.78 is 39.5. The highest BCUT2D eigenvalue weighted by molar-refractivity contribution is 9.10. The first-order chi connectivity index (χ1) is 15.2. The fourth-order valence-electron chi connectivity index (χ4n) is 3.00. The summed E-state index contributed by atoms with van der Waals surface area (Å²) in [5.74, 6) is 0.309. The summed E-state index contributed by atoms with van der Waals surface area (Å²) in [4.78, 5) is 12.9. The van der Waals surface area contributed by atoms with Crippen molar-refractivity contribution >= 4 is 43.2 Å². The molecule has 32 heavy (non-hydrogen) atoms. The van der Waals surface area contributed by atoms with Crippen molar-refractivity contribution < 1.29 is 22.7 Å². The van der Waals surface area contributed by atoms with Gasteiger partial charge in [0.05, 0.1) is 24.8 Å². The van der Waals surface area contributed by atoms with E-state index in [1.165, 1.54) is 32.4 Å². The number of anilines is 2. The molecule has 0 atom stereocenters. The summed E-state index contributed by atoms with van der Waals surface area (Å²) >= 11 is 3.34. The molecule has 0 aliphatic rings. The van der Waals surface area contributed by atoms with Crippen LogP contribution in [0.15, 0.2) is 76.1 Å². The minimum Gasteiger partial charge on any atom is -0.493 e. The van der Waals surface area contributed by atoms with Crippen molar-refractivity contribution in [3.63, 3.8) is 0 Å². The van der Waals surface area contributed by atoms with E-state index in [2.05, 4.69) is 21.2 Å². The highest BCUT2D eigenvalue weighted by Crippen LogP contribution is 2.34. The number of hydrogen-bond acceptors (Lipinski definition) is 5. The van der Waals surface area contributed by atoms with E-state index in [1.807, 2.05) is 6.92 Å². The number of ether oxygens (including phenoxy) is 2. The average molecular weight is 519 g/mol. The van der Waals surface area contributed by atoms with Gasteiger partial charge in [0.25, 0.3) is 10.0 Å². The van der Waals surface area contributed by atoms with Crippen LogP contribution in [0.2, 0.25) is 0 Å². The summed E-state index contributed by atoms with van der Waals surface area (Å²) in [6.45, 7) is 1.44. The number of carbonyl (C=O) groups excluding carboxylic acids is 1. The number of hydrogen-bond donors (Lipinski definition) is 1. The van der Waals surface area contributed by atoms with E-state index in [-0.39, 0.29) is 10.6 Å². The molecule has 0 aliphatic carbocycles. The summed E-state index contributed by atoms with van der Waals surface area (Å²) in [7, 11) is -1.09. The molecule has 7 nitrogen and oxygen atoms in total. The van der Waals surface area contributed by atoms with E-state index in [1.54, 1.807) is 48.5 Å². The molecule has 0 saturated heterocycles. The smallest absolute Gasteiger partial charge is 0.264 e. The number of nitrogens with zero attached hydrogens (tertiary/aromatic N) is 1. The van der Waals surface area contributed by atoms with Crippen molar-refractivity contribution in [3.05, 3.63) is 76.8 Å². The number of nitrogens with one attached hydrogen (secondary N) is 1. The van der Waals surface area contributed by atoms with Crippen molar-refractivity contribution in [1.82, 2.24) is 0 Å². The number of sulfonamides is 1. The summed E-state index contributed by atoms with van der Waals surface area (Å²) in [5, 5.41) is 2.73. The quantitative estimate of drug-likeness (QED) is 0.470. The van der Waals surface area contributed by atoms with Gasteiger partial charge in [0, 0.05) is 16.2 Å². The molecule has 168 valence electrons. The van der Waals surface area contributed by atoms with Crippen LogP contribution in [0.1, 0.15) is 5.56 Å². The minimum absolute atomic E-state index is 0.0781. The molecule has 0 fully saturated rings. The Labute approximate surface area is 196 Å². The Bertz CT molecular complexity index is 1200. The van der Waals surface area contributed by atoms with Gasteiger partial charge < -0.3 is 14.8 Å². The molecular formula is C23H23BrN2O5S. The van der Waals surface area contributed by atoms with Gasteiger partial charge in [0.15, 0.2) is 11.5 Å². The second-order valence-electron chi connectivity index (χ2n) is 6.92. The Morgan fingerprint density at radius 1 is 0.938 bits per heavy atom. The molecule has 0 bridgehead atoms. The molecule has 1 N–H and O–H groups in total. The van der Waals surface area contributed by atoms with E-state index >= 15 is 0 Å². The second-order valence-corrected chi connectivity index (χ2v) is 9.70. The number of benzene rings is 3. The monoisotopic (exact) mass is 518 g/mol. The van der Waals surface area contributed by atoms with Crippen LogP contribution in [0.25, 0.3) is 0 Å². The van der Waals surface area contributed by atoms with Crippen LogP contribution in [0.5, 0.6) is 11.5 Å². The van der Waals surface area contributed by atoms with Crippen molar-refractivity contribution in [1.29, 1.82) is 0 Å². The Balaban J connectivity index is 1.99. The standard InChI is InChI=1S/C23H23BrN2O5S/c1-16-4-11-20(12-5-16)32(28,29)26(19-10-13-21(30-2)22(14-19)31-3)15-23(27)25-18-8-6-17(24)7-9-18/h4-14H,15H2,1-3H3,(H,25,27). The van der Waals surface area contributed by atoms with Gasteiger partial charge in [-0.2, -0.15) is 0 Å². The molecule has 0 heterocycles. The molecule has 0 unspecified atom stereocenters. The third-order valence-corrected chi connectivity index (χ3v) is 7.00. The largest absolute Gasteiger partial charge is 0.493 e. The maximum atomic E-state index is 13.5. The first kappa shape index (κ1) is 23.6. The first-order valence-electron chi connectivity index (χ1n) is 9.61. The lowest BCUT2D eigenvalue weighted by molar-refractivity contribution is -0.114. The molecular weight excluding hydrogens is 496 g/mol. The number of amides is 1. The number of rotatable bonds is 8. The van der Waals surface area contributed by atoms with Crippen LogP contribution >= 0.6 is 15.9 Å². The molecule has 3 aromatic carbocycles. The fourth-order valence-corrected chi connectivity index (χ4v) is 4.67. The zero-order chi connectivity index (χ0) is 23.3. The maximum absolute atomic E-state index is 13.5. The Morgan fingerprint density at radius 3 is 2.16 bits per heavy atom. The highest BCUT2D eigenvalue weighted by atomic mass is 79.9. The Morgan fingerprint density at radius 2 is 1.56 bits per heavy atom. The SMILES string of the molecule is COc1ccc(N(CC(=O)Nc2ccc(Br)cc2)S(=O)(=O)c2ccc(C)cc2)cc1OC. The maximum Gasteiger partial charge on any atom is 0.264 e. The van der Waals surface area contributed by atoms with Gasteiger partial charge >= 0.3 is 0 Å². The predicted molar refractivity (Wildman–Crippen MR) is 128 cm³/mol. The van der Waals surface area contributed by atoms with Crippen LogP contribution in [0, 0.1) is 6.92 Å². The van der Waals surface area contributed by atoms with Crippen molar-refractivity contribution in [2.45, 2.75) is 11.8 Å². The number of halogens is 1. The van der Waals surface area contributed by atoms with Gasteiger partial charge in [-0.3, -0.25) is 9.10 Å². The third-order valence-electron chi connectivity index (χ3n) is 4.68. The second kappa shape index (κ2) is 10.1. The molecule has 0 radical (unpaired) electrons. The van der Waals surface area contributed by atoms with E-state index in [0.717, 1.165) is 14.3 Å². The van der Waals surface area contributed by atoms with Crippen molar-refractivity contribution in [2.24, 2.45) is 0 Å². The third kappa shape index (κ3) is 5.41. The number of aryl methyl sites for hydroxylation is 1. The number of carbonyl (C=O) groups is 1. The van der Waals surface area contributed by atoms with Crippen LogP contribution in [-0.4, -0.2) is 35.1 Å². The lowest BCUT2D eigenvalue weighted by atomic mass is 10.2. The molecule has 0 aromatic heterocycles. The van der Waals surface area contributed by atoms with E-state index < -0.39 is 22.5 Å². The summed E-state index contributed by atoms with van der Waals surface area (Å²) in [6, 6.07) is 18.2. The molecule has 1 amide bonds. The Hall–Kier alpha value is -3.04. The molecule has 0 aliphatic heterocycles. The zero-order valence-electron chi connectivity index (χ0n) is 17.8. The van der Waals surface area contributed by atoms with Gasteiger partial charge in [-0.15, -0.1) is 0 Å². The highest BCUT2D eigenvalue weighted by Gasteiger charge is 2.28. The van der Waals surface area contributed by atoms with Gasteiger partial charge in [0.2, 0.25) is 5.91 Å². The van der Waals surface area contributed by atoms with Gasteiger partial charge in [-0.05, 0) is 55.5 Å². The lowest BCUT2D eigenvalue weighted by Crippen LogP contribution is -2.38. The van der Waals surface area contributed by atoms with Crippen LogP contribution in [0.4, 0.5) is 11.4 Å². The van der Waals surface area contributed by atoms with Crippen LogP contribution in [0.3, 0.4) is 0 Å². The van der Waals surface area contributed by atoms with E-state index in [0.29, 0.717) is 17.2 Å². The van der Waals surface area contributed by atoms with E-state index in [9.17, 15) is 13.2 Å². The topological polar surface area (TPSA) is 84.9 Å².